The molecule has 1 saturated heterocycles. The van der Waals surface area contributed by atoms with Crippen LogP contribution in [0, 0.1) is 12.8 Å². The van der Waals surface area contributed by atoms with E-state index in [9.17, 15) is 9.59 Å². The maximum absolute atomic E-state index is 12.4. The van der Waals surface area contributed by atoms with E-state index in [2.05, 4.69) is 5.32 Å². The fraction of sp³-hybridized carbons (Fsp3) is 0.467. The van der Waals surface area contributed by atoms with Crippen molar-refractivity contribution in [2.24, 2.45) is 5.92 Å². The molecule has 0 aromatic heterocycles. The second-order valence-corrected chi connectivity index (χ2v) is 5.50. The van der Waals surface area contributed by atoms with Crippen LogP contribution in [0.2, 0.25) is 0 Å². The minimum atomic E-state index is -0.287. The van der Waals surface area contributed by atoms with Gasteiger partial charge in [0.05, 0.1) is 6.54 Å². The first kappa shape index (κ1) is 12.2. The van der Waals surface area contributed by atoms with Gasteiger partial charge in [-0.1, -0.05) is 24.3 Å². The first-order valence-electron chi connectivity index (χ1n) is 6.78. The maximum atomic E-state index is 12.4. The van der Waals surface area contributed by atoms with Crippen molar-refractivity contribution < 1.29 is 9.59 Å². The molecule has 1 aliphatic carbocycles. The molecule has 2 fully saturated rings. The average Bonchev–Trinajstić information content (AvgIpc) is 3.20. The standard InChI is InChI=1S/C15H18N2O2/c1-10-4-2-3-5-12(10)8-17-9-13(18)16-14(15(17)19)11-6-7-11/h2-5,11,14H,6-9H2,1H3,(H,16,18). The van der Waals surface area contributed by atoms with E-state index in [1.54, 1.807) is 4.90 Å². The van der Waals surface area contributed by atoms with Crippen LogP contribution in [0.3, 0.4) is 0 Å². The molecule has 1 heterocycles. The van der Waals surface area contributed by atoms with Crippen LogP contribution in [0.1, 0.15) is 24.0 Å². The van der Waals surface area contributed by atoms with Gasteiger partial charge >= 0.3 is 0 Å². The number of nitrogens with zero attached hydrogens (tertiary/aromatic N) is 1. The van der Waals surface area contributed by atoms with Gasteiger partial charge in [-0.15, -0.1) is 0 Å². The minimum absolute atomic E-state index is 0.0370. The average molecular weight is 258 g/mol. The predicted octanol–water partition coefficient (Wildman–Crippen LogP) is 1.23. The molecule has 1 saturated carbocycles. The maximum Gasteiger partial charge on any atom is 0.246 e. The van der Waals surface area contributed by atoms with Gasteiger partial charge in [-0.2, -0.15) is 0 Å². The Kier molecular flexibility index (Phi) is 3.01. The van der Waals surface area contributed by atoms with Crippen LogP contribution in [0.15, 0.2) is 24.3 Å². The van der Waals surface area contributed by atoms with Crippen molar-refractivity contribution in [2.75, 3.05) is 6.54 Å². The summed E-state index contributed by atoms with van der Waals surface area (Å²) >= 11 is 0. The molecule has 0 radical (unpaired) electrons. The lowest BCUT2D eigenvalue weighted by Gasteiger charge is -2.33. The quantitative estimate of drug-likeness (QED) is 0.886. The normalized spacial score (nSPS) is 23.4. The van der Waals surface area contributed by atoms with E-state index in [0.29, 0.717) is 12.5 Å². The molecule has 4 heteroatoms. The van der Waals surface area contributed by atoms with Gasteiger partial charge in [0, 0.05) is 6.54 Å². The van der Waals surface area contributed by atoms with Gasteiger partial charge < -0.3 is 10.2 Å². The molecule has 19 heavy (non-hydrogen) atoms. The number of carbonyl (C=O) groups excluding carboxylic acids is 2. The highest BCUT2D eigenvalue weighted by molar-refractivity contribution is 5.95. The topological polar surface area (TPSA) is 49.4 Å². The first-order valence-corrected chi connectivity index (χ1v) is 6.78. The van der Waals surface area contributed by atoms with Crippen LogP contribution >= 0.6 is 0 Å². The lowest BCUT2D eigenvalue weighted by molar-refractivity contribution is -0.145. The van der Waals surface area contributed by atoms with E-state index in [4.69, 9.17) is 0 Å². The Morgan fingerprint density at radius 3 is 2.68 bits per heavy atom. The van der Waals surface area contributed by atoms with Gasteiger partial charge in [0.1, 0.15) is 6.04 Å². The Morgan fingerprint density at radius 2 is 2.00 bits per heavy atom. The van der Waals surface area contributed by atoms with Crippen LogP contribution in [-0.2, 0) is 16.1 Å². The summed E-state index contributed by atoms with van der Waals surface area (Å²) in [7, 11) is 0. The van der Waals surface area contributed by atoms with E-state index in [0.717, 1.165) is 24.0 Å². The third kappa shape index (κ3) is 2.48. The summed E-state index contributed by atoms with van der Waals surface area (Å²) in [4.78, 5) is 25.8. The largest absolute Gasteiger partial charge is 0.342 e. The van der Waals surface area contributed by atoms with Crippen LogP contribution in [0.25, 0.3) is 0 Å². The van der Waals surface area contributed by atoms with Crippen molar-refractivity contribution in [3.05, 3.63) is 35.4 Å². The van der Waals surface area contributed by atoms with Crippen LogP contribution in [0.4, 0.5) is 0 Å². The molecule has 1 N–H and O–H groups in total. The molecule has 4 nitrogen and oxygen atoms in total. The monoisotopic (exact) mass is 258 g/mol. The second kappa shape index (κ2) is 4.68. The Bertz CT molecular complexity index is 523. The zero-order chi connectivity index (χ0) is 13.4. The zero-order valence-corrected chi connectivity index (χ0v) is 11.1. The lowest BCUT2D eigenvalue weighted by atomic mass is 10.1. The lowest BCUT2D eigenvalue weighted by Crippen LogP contribution is -2.58. The van der Waals surface area contributed by atoms with Gasteiger partial charge in [-0.3, -0.25) is 9.59 Å². The molecule has 1 aromatic carbocycles. The van der Waals surface area contributed by atoms with Crippen molar-refractivity contribution in [3.8, 4) is 0 Å². The number of rotatable bonds is 3. The summed E-state index contributed by atoms with van der Waals surface area (Å²) in [5, 5.41) is 2.83. The number of amides is 2. The zero-order valence-electron chi connectivity index (χ0n) is 11.1. The van der Waals surface area contributed by atoms with Gasteiger partial charge in [-0.05, 0) is 36.8 Å². The van der Waals surface area contributed by atoms with Gasteiger partial charge in [0.15, 0.2) is 0 Å². The molecule has 100 valence electrons. The molecule has 1 atom stereocenters. The third-order valence-electron chi connectivity index (χ3n) is 3.94. The number of benzene rings is 1. The van der Waals surface area contributed by atoms with Crippen LogP contribution in [0.5, 0.6) is 0 Å². The summed E-state index contributed by atoms with van der Waals surface area (Å²) in [5.41, 5.74) is 2.27. The molecule has 1 unspecified atom stereocenters. The highest BCUT2D eigenvalue weighted by Gasteiger charge is 2.42. The van der Waals surface area contributed by atoms with Crippen molar-refractivity contribution >= 4 is 11.8 Å². The Hall–Kier alpha value is -1.84. The number of aryl methyl sites for hydroxylation is 1. The van der Waals surface area contributed by atoms with E-state index >= 15 is 0 Å². The predicted molar refractivity (Wildman–Crippen MR) is 71.3 cm³/mol. The number of hydrogen-bond acceptors (Lipinski definition) is 2. The van der Waals surface area contributed by atoms with Crippen LogP contribution in [-0.4, -0.2) is 29.3 Å². The van der Waals surface area contributed by atoms with E-state index in [1.807, 2.05) is 31.2 Å². The summed E-state index contributed by atoms with van der Waals surface area (Å²) in [6.45, 7) is 2.74. The Morgan fingerprint density at radius 1 is 1.26 bits per heavy atom. The van der Waals surface area contributed by atoms with Crippen molar-refractivity contribution in [3.63, 3.8) is 0 Å². The molecule has 2 aliphatic rings. The fourth-order valence-corrected chi connectivity index (χ4v) is 2.60. The summed E-state index contributed by atoms with van der Waals surface area (Å²) in [6.07, 6.45) is 2.10. The number of carbonyl (C=O) groups is 2. The summed E-state index contributed by atoms with van der Waals surface area (Å²) in [6, 6.07) is 7.71. The van der Waals surface area contributed by atoms with Gasteiger partial charge in [0.25, 0.3) is 0 Å². The molecule has 0 spiro atoms. The molecular formula is C15H18N2O2. The highest BCUT2D eigenvalue weighted by Crippen LogP contribution is 2.34. The molecule has 1 aliphatic heterocycles. The first-order chi connectivity index (χ1) is 9.15. The number of piperazine rings is 1. The van der Waals surface area contributed by atoms with Gasteiger partial charge in [-0.25, -0.2) is 0 Å². The third-order valence-corrected chi connectivity index (χ3v) is 3.94. The molecule has 0 bridgehead atoms. The summed E-state index contributed by atoms with van der Waals surface area (Å²) < 4.78 is 0. The highest BCUT2D eigenvalue weighted by atomic mass is 16.2. The molecule has 2 amide bonds. The Balaban J connectivity index is 1.77. The van der Waals surface area contributed by atoms with Crippen molar-refractivity contribution in [1.82, 2.24) is 10.2 Å². The fourth-order valence-electron chi connectivity index (χ4n) is 2.60. The van der Waals surface area contributed by atoms with E-state index in [-0.39, 0.29) is 24.4 Å². The molecular weight excluding hydrogens is 240 g/mol. The smallest absolute Gasteiger partial charge is 0.246 e. The second-order valence-electron chi connectivity index (χ2n) is 5.50. The molecule has 3 rings (SSSR count). The van der Waals surface area contributed by atoms with E-state index in [1.165, 1.54) is 0 Å². The number of hydrogen-bond donors (Lipinski definition) is 1. The minimum Gasteiger partial charge on any atom is -0.342 e. The van der Waals surface area contributed by atoms with E-state index < -0.39 is 0 Å². The van der Waals surface area contributed by atoms with Crippen LogP contribution < -0.4 is 5.32 Å². The van der Waals surface area contributed by atoms with Crippen molar-refractivity contribution in [2.45, 2.75) is 32.4 Å². The summed E-state index contributed by atoms with van der Waals surface area (Å²) in [5.74, 6) is 0.395. The van der Waals surface area contributed by atoms with Crippen molar-refractivity contribution in [1.29, 1.82) is 0 Å². The number of nitrogens with one attached hydrogen (secondary N) is 1. The van der Waals surface area contributed by atoms with Gasteiger partial charge in [0.2, 0.25) is 11.8 Å². The molecule has 1 aromatic rings. The SMILES string of the molecule is Cc1ccccc1CN1CC(=O)NC(C2CC2)C1=O. The Labute approximate surface area is 112 Å².